The van der Waals surface area contributed by atoms with Crippen molar-refractivity contribution in [3.05, 3.63) is 58.1 Å². The lowest BCUT2D eigenvalue weighted by atomic mass is 10.2. The fourth-order valence-electron chi connectivity index (χ4n) is 1.55. The Balaban J connectivity index is 2.41. The normalized spacial score (nSPS) is 10.2. The van der Waals surface area contributed by atoms with Crippen LogP contribution < -0.4 is 0 Å². The Hall–Kier alpha value is -2.54. The summed E-state index contributed by atoms with van der Waals surface area (Å²) in [5.41, 5.74) is -0.421. The van der Waals surface area contributed by atoms with Crippen LogP contribution in [0.5, 0.6) is 5.75 Å². The first-order chi connectivity index (χ1) is 9.47. The zero-order valence-corrected chi connectivity index (χ0v) is 10.8. The molecule has 0 radical (unpaired) electrons. The molecule has 20 heavy (non-hydrogen) atoms. The van der Waals surface area contributed by atoms with Gasteiger partial charge in [-0.1, -0.05) is 17.8 Å². The summed E-state index contributed by atoms with van der Waals surface area (Å²) in [5, 5.41) is 29.2. The minimum Gasteiger partial charge on any atom is -0.508 e. The zero-order chi connectivity index (χ0) is 14.7. The van der Waals surface area contributed by atoms with Crippen molar-refractivity contribution >= 4 is 23.4 Å². The summed E-state index contributed by atoms with van der Waals surface area (Å²) >= 11 is 1.08. The molecule has 0 unspecified atom stereocenters. The van der Waals surface area contributed by atoms with Crippen molar-refractivity contribution in [2.45, 2.75) is 9.79 Å². The molecule has 0 fully saturated rings. The molecule has 0 aliphatic carbocycles. The highest BCUT2D eigenvalue weighted by Crippen LogP contribution is 2.36. The average Bonchev–Trinajstić information content (AvgIpc) is 2.38. The molecule has 2 rings (SSSR count). The Labute approximate surface area is 117 Å². The molecule has 0 atom stereocenters. The third-order valence-electron chi connectivity index (χ3n) is 2.45. The fraction of sp³-hybridized carbons (Fsp3) is 0. The van der Waals surface area contributed by atoms with Gasteiger partial charge in [0.25, 0.3) is 5.69 Å². The largest absolute Gasteiger partial charge is 0.508 e. The molecule has 0 aliphatic rings. The van der Waals surface area contributed by atoms with Crippen molar-refractivity contribution in [2.24, 2.45) is 0 Å². The Bertz CT molecular complexity index is 686. The van der Waals surface area contributed by atoms with Gasteiger partial charge in [-0.05, 0) is 30.3 Å². The maximum Gasteiger partial charge on any atom is 0.335 e. The highest BCUT2D eigenvalue weighted by Gasteiger charge is 2.18. The van der Waals surface area contributed by atoms with E-state index < -0.39 is 10.9 Å². The summed E-state index contributed by atoms with van der Waals surface area (Å²) < 4.78 is 0. The van der Waals surface area contributed by atoms with E-state index in [2.05, 4.69) is 0 Å². The second-order valence-corrected chi connectivity index (χ2v) is 4.96. The number of carbonyl (C=O) groups is 1. The number of carboxylic acids is 1. The number of nitro benzene ring substituents is 1. The summed E-state index contributed by atoms with van der Waals surface area (Å²) in [5.74, 6) is -1.16. The Morgan fingerprint density at radius 2 is 1.95 bits per heavy atom. The molecule has 2 aromatic carbocycles. The van der Waals surface area contributed by atoms with Crippen LogP contribution in [0.25, 0.3) is 0 Å². The Kier molecular flexibility index (Phi) is 3.90. The second-order valence-electron chi connectivity index (χ2n) is 3.84. The maximum atomic E-state index is 11.0. The summed E-state index contributed by atoms with van der Waals surface area (Å²) in [6.07, 6.45) is 0. The highest BCUT2D eigenvalue weighted by molar-refractivity contribution is 7.99. The van der Waals surface area contributed by atoms with Gasteiger partial charge in [0.15, 0.2) is 0 Å². The first-order valence-electron chi connectivity index (χ1n) is 5.46. The van der Waals surface area contributed by atoms with Gasteiger partial charge in [-0.15, -0.1) is 0 Å². The maximum absolute atomic E-state index is 11.0. The van der Waals surface area contributed by atoms with Crippen molar-refractivity contribution in [3.63, 3.8) is 0 Å². The van der Waals surface area contributed by atoms with Crippen LogP contribution in [-0.2, 0) is 0 Å². The number of hydrogen-bond donors (Lipinski definition) is 2. The topological polar surface area (TPSA) is 101 Å². The first kappa shape index (κ1) is 13.9. The van der Waals surface area contributed by atoms with Gasteiger partial charge in [0.2, 0.25) is 0 Å². The average molecular weight is 291 g/mol. The van der Waals surface area contributed by atoms with Crippen LogP contribution in [0.4, 0.5) is 5.69 Å². The van der Waals surface area contributed by atoms with Crippen molar-refractivity contribution in [3.8, 4) is 5.75 Å². The van der Waals surface area contributed by atoms with Crippen LogP contribution in [0.1, 0.15) is 10.4 Å². The number of hydrogen-bond acceptors (Lipinski definition) is 5. The van der Waals surface area contributed by atoms with E-state index in [-0.39, 0.29) is 17.0 Å². The van der Waals surface area contributed by atoms with Crippen LogP contribution in [0, 0.1) is 10.1 Å². The molecule has 0 aliphatic heterocycles. The molecule has 2 N–H and O–H groups in total. The van der Waals surface area contributed by atoms with Gasteiger partial charge in [0, 0.05) is 11.0 Å². The molecule has 7 heteroatoms. The lowest BCUT2D eigenvalue weighted by molar-refractivity contribution is -0.387. The van der Waals surface area contributed by atoms with E-state index in [1.807, 2.05) is 0 Å². The predicted molar refractivity (Wildman–Crippen MR) is 72.3 cm³/mol. The number of aromatic hydroxyl groups is 1. The van der Waals surface area contributed by atoms with Crippen molar-refractivity contribution in [2.75, 3.05) is 0 Å². The third kappa shape index (κ3) is 3.07. The number of aromatic carboxylic acids is 1. The number of nitro groups is 1. The van der Waals surface area contributed by atoms with Gasteiger partial charge in [-0.3, -0.25) is 10.1 Å². The summed E-state index contributed by atoms with van der Waals surface area (Å²) in [6, 6.07) is 9.99. The molecular formula is C13H9NO5S. The van der Waals surface area contributed by atoms with E-state index in [1.165, 1.54) is 24.3 Å². The van der Waals surface area contributed by atoms with E-state index in [4.69, 9.17) is 5.11 Å². The Morgan fingerprint density at radius 3 is 2.55 bits per heavy atom. The van der Waals surface area contributed by atoms with Crippen molar-refractivity contribution in [1.82, 2.24) is 0 Å². The minimum absolute atomic E-state index is 0.0554. The van der Waals surface area contributed by atoms with Crippen LogP contribution in [0.15, 0.2) is 52.3 Å². The van der Waals surface area contributed by atoms with Gasteiger partial charge in [-0.2, -0.15) is 0 Å². The lowest BCUT2D eigenvalue weighted by Crippen LogP contribution is -1.99. The van der Waals surface area contributed by atoms with E-state index in [9.17, 15) is 20.0 Å². The fourth-order valence-corrected chi connectivity index (χ4v) is 2.51. The third-order valence-corrected chi connectivity index (χ3v) is 3.50. The lowest BCUT2D eigenvalue weighted by Gasteiger charge is -2.04. The number of benzene rings is 2. The monoisotopic (exact) mass is 291 g/mol. The molecule has 0 saturated carbocycles. The van der Waals surface area contributed by atoms with Gasteiger partial charge in [-0.25, -0.2) is 4.79 Å². The van der Waals surface area contributed by atoms with Crippen molar-refractivity contribution < 1.29 is 19.9 Å². The van der Waals surface area contributed by atoms with E-state index in [1.54, 1.807) is 12.1 Å². The number of phenols is 1. The van der Waals surface area contributed by atoms with E-state index in [0.29, 0.717) is 9.79 Å². The number of nitrogens with zero attached hydrogens (tertiary/aromatic N) is 1. The van der Waals surface area contributed by atoms with E-state index >= 15 is 0 Å². The summed E-state index contributed by atoms with van der Waals surface area (Å²) in [6.45, 7) is 0. The molecule has 2 aromatic rings. The molecule has 0 spiro atoms. The molecule has 6 nitrogen and oxygen atoms in total. The van der Waals surface area contributed by atoms with Gasteiger partial charge >= 0.3 is 5.97 Å². The number of rotatable bonds is 4. The molecular weight excluding hydrogens is 282 g/mol. The Morgan fingerprint density at radius 1 is 1.20 bits per heavy atom. The second kappa shape index (κ2) is 5.62. The molecule has 102 valence electrons. The molecule has 0 aromatic heterocycles. The SMILES string of the molecule is O=C(O)c1ccc(Sc2cccc(O)c2)c([N+](=O)[O-])c1. The van der Waals surface area contributed by atoms with Crippen LogP contribution in [-0.4, -0.2) is 21.1 Å². The van der Waals surface area contributed by atoms with Crippen LogP contribution in [0.3, 0.4) is 0 Å². The molecule has 0 bridgehead atoms. The molecule has 0 heterocycles. The van der Waals surface area contributed by atoms with Gasteiger partial charge in [0.05, 0.1) is 15.4 Å². The number of carboxylic acid groups (broad SMARTS) is 1. The zero-order valence-electron chi connectivity index (χ0n) is 10.0. The molecule has 0 saturated heterocycles. The minimum atomic E-state index is -1.22. The van der Waals surface area contributed by atoms with Crippen LogP contribution >= 0.6 is 11.8 Å². The molecule has 0 amide bonds. The van der Waals surface area contributed by atoms with E-state index in [0.717, 1.165) is 17.8 Å². The highest BCUT2D eigenvalue weighted by atomic mass is 32.2. The quantitative estimate of drug-likeness (QED) is 0.663. The summed E-state index contributed by atoms with van der Waals surface area (Å²) in [7, 11) is 0. The summed E-state index contributed by atoms with van der Waals surface area (Å²) in [4.78, 5) is 22.1. The standard InChI is InChI=1S/C13H9NO5S/c15-9-2-1-3-10(7-9)20-12-5-4-8(13(16)17)6-11(12)14(18)19/h1-7,15H,(H,16,17). The number of phenolic OH excluding ortho intramolecular Hbond substituents is 1. The smallest absolute Gasteiger partial charge is 0.335 e. The van der Waals surface area contributed by atoms with Crippen molar-refractivity contribution in [1.29, 1.82) is 0 Å². The predicted octanol–water partition coefficient (Wildman–Crippen LogP) is 3.15. The van der Waals surface area contributed by atoms with Crippen LogP contribution in [0.2, 0.25) is 0 Å². The van der Waals surface area contributed by atoms with Gasteiger partial charge < -0.3 is 10.2 Å². The van der Waals surface area contributed by atoms with Gasteiger partial charge in [0.1, 0.15) is 5.75 Å². The first-order valence-corrected chi connectivity index (χ1v) is 6.27.